The molecular weight excluding hydrogens is 296 g/mol. The molecule has 1 amide bonds. The molecule has 8 heteroatoms. The number of carbonyl (C=O) groups is 1. The van der Waals surface area contributed by atoms with Crippen molar-refractivity contribution in [3.8, 4) is 0 Å². The van der Waals surface area contributed by atoms with Gasteiger partial charge in [0.2, 0.25) is 0 Å². The smallest absolute Gasteiger partial charge is 0.257 e. The summed E-state index contributed by atoms with van der Waals surface area (Å²) >= 11 is 0. The molecule has 0 spiro atoms. The lowest BCUT2D eigenvalue weighted by atomic mass is 10.2. The minimum absolute atomic E-state index is 0.00705. The number of amides is 1. The molecule has 4 heterocycles. The van der Waals surface area contributed by atoms with Gasteiger partial charge in [0.15, 0.2) is 5.65 Å². The van der Waals surface area contributed by atoms with Gasteiger partial charge in [0.25, 0.3) is 5.91 Å². The molecule has 1 aliphatic rings. The van der Waals surface area contributed by atoms with Crippen molar-refractivity contribution in [3.63, 3.8) is 0 Å². The van der Waals surface area contributed by atoms with Gasteiger partial charge in [-0.05, 0) is 6.07 Å². The summed E-state index contributed by atoms with van der Waals surface area (Å²) in [5.41, 5.74) is 1.40. The molecule has 0 atom stereocenters. The third kappa shape index (κ3) is 2.32. The minimum atomic E-state index is 0.00705. The predicted octanol–water partition coefficient (Wildman–Crippen LogP) is 0.919. The molecule has 1 fully saturated rings. The van der Waals surface area contributed by atoms with Crippen molar-refractivity contribution < 1.29 is 9.21 Å². The maximum Gasteiger partial charge on any atom is 0.257 e. The average molecular weight is 312 g/mol. The van der Waals surface area contributed by atoms with Crippen molar-refractivity contribution in [1.82, 2.24) is 24.6 Å². The molecule has 0 unspecified atom stereocenters. The van der Waals surface area contributed by atoms with Crippen LogP contribution in [0.2, 0.25) is 0 Å². The quantitative estimate of drug-likeness (QED) is 0.700. The SMILES string of the molecule is Cn1ncc2c(N3CCN(C(=O)c4ccoc4)CC3)ncnc21. The molecule has 0 N–H and O–H groups in total. The van der Waals surface area contributed by atoms with E-state index in [0.717, 1.165) is 29.9 Å². The second-order valence-corrected chi connectivity index (χ2v) is 5.49. The average Bonchev–Trinajstić information content (AvgIpc) is 3.25. The lowest BCUT2D eigenvalue weighted by molar-refractivity contribution is 0.0746. The van der Waals surface area contributed by atoms with E-state index in [-0.39, 0.29) is 5.91 Å². The summed E-state index contributed by atoms with van der Waals surface area (Å²) in [6.45, 7) is 2.75. The van der Waals surface area contributed by atoms with Crippen molar-refractivity contribution in [2.24, 2.45) is 7.05 Å². The Hall–Kier alpha value is -2.90. The largest absolute Gasteiger partial charge is 0.472 e. The zero-order valence-electron chi connectivity index (χ0n) is 12.7. The van der Waals surface area contributed by atoms with Crippen LogP contribution in [-0.4, -0.2) is 56.7 Å². The van der Waals surface area contributed by atoms with E-state index < -0.39 is 0 Å². The molecule has 0 aromatic carbocycles. The van der Waals surface area contributed by atoms with Crippen molar-refractivity contribution in [1.29, 1.82) is 0 Å². The van der Waals surface area contributed by atoms with Crippen molar-refractivity contribution >= 4 is 22.8 Å². The van der Waals surface area contributed by atoms with Crippen LogP contribution in [0.15, 0.2) is 35.5 Å². The molecule has 23 heavy (non-hydrogen) atoms. The van der Waals surface area contributed by atoms with Crippen LogP contribution in [0.4, 0.5) is 5.82 Å². The monoisotopic (exact) mass is 312 g/mol. The van der Waals surface area contributed by atoms with Crippen LogP contribution in [0.3, 0.4) is 0 Å². The molecule has 3 aromatic rings. The fourth-order valence-corrected chi connectivity index (χ4v) is 2.89. The maximum atomic E-state index is 12.3. The molecule has 0 saturated carbocycles. The van der Waals surface area contributed by atoms with Gasteiger partial charge in [0.05, 0.1) is 23.4 Å². The Balaban J connectivity index is 1.52. The number of furan rings is 1. The van der Waals surface area contributed by atoms with Gasteiger partial charge in [-0.25, -0.2) is 9.97 Å². The van der Waals surface area contributed by atoms with E-state index in [2.05, 4.69) is 20.0 Å². The summed E-state index contributed by atoms with van der Waals surface area (Å²) in [5.74, 6) is 0.881. The van der Waals surface area contributed by atoms with Crippen molar-refractivity contribution in [2.75, 3.05) is 31.1 Å². The highest BCUT2D eigenvalue weighted by Gasteiger charge is 2.24. The van der Waals surface area contributed by atoms with E-state index in [9.17, 15) is 4.79 Å². The van der Waals surface area contributed by atoms with Gasteiger partial charge in [0.1, 0.15) is 18.4 Å². The number of aromatic nitrogens is 4. The lowest BCUT2D eigenvalue weighted by Crippen LogP contribution is -2.49. The number of nitrogens with zero attached hydrogens (tertiary/aromatic N) is 6. The summed E-state index contributed by atoms with van der Waals surface area (Å²) in [6, 6.07) is 1.69. The standard InChI is InChI=1S/C15H16N6O2/c1-19-13-12(8-18-19)14(17-10-16-13)20-3-5-21(6-4-20)15(22)11-2-7-23-9-11/h2,7-10H,3-6H2,1H3. The van der Waals surface area contributed by atoms with Crippen LogP contribution < -0.4 is 4.90 Å². The first-order valence-electron chi connectivity index (χ1n) is 7.43. The molecular formula is C15H16N6O2. The summed E-state index contributed by atoms with van der Waals surface area (Å²) < 4.78 is 6.72. The van der Waals surface area contributed by atoms with E-state index in [1.165, 1.54) is 12.5 Å². The highest BCUT2D eigenvalue weighted by Crippen LogP contribution is 2.23. The molecule has 118 valence electrons. The van der Waals surface area contributed by atoms with Crippen molar-refractivity contribution in [2.45, 2.75) is 0 Å². The minimum Gasteiger partial charge on any atom is -0.472 e. The Kier molecular flexibility index (Phi) is 3.22. The Morgan fingerprint density at radius 3 is 2.78 bits per heavy atom. The van der Waals surface area contributed by atoms with Gasteiger partial charge in [-0.1, -0.05) is 0 Å². The van der Waals surface area contributed by atoms with Gasteiger partial charge < -0.3 is 14.2 Å². The molecule has 4 rings (SSSR count). The van der Waals surface area contributed by atoms with E-state index >= 15 is 0 Å². The zero-order valence-corrected chi connectivity index (χ0v) is 12.7. The molecule has 0 bridgehead atoms. The molecule has 0 aliphatic carbocycles. The summed E-state index contributed by atoms with van der Waals surface area (Å²) in [7, 11) is 1.86. The van der Waals surface area contributed by atoms with E-state index in [0.29, 0.717) is 18.7 Å². The molecule has 0 radical (unpaired) electrons. The maximum absolute atomic E-state index is 12.3. The third-order valence-electron chi connectivity index (χ3n) is 4.14. The second kappa shape index (κ2) is 5.38. The van der Waals surface area contributed by atoms with Gasteiger partial charge in [-0.2, -0.15) is 5.10 Å². The Morgan fingerprint density at radius 1 is 1.22 bits per heavy atom. The normalized spacial score (nSPS) is 15.3. The fourth-order valence-electron chi connectivity index (χ4n) is 2.89. The van der Waals surface area contributed by atoms with Crippen LogP contribution in [0.25, 0.3) is 11.0 Å². The summed E-state index contributed by atoms with van der Waals surface area (Å²) in [6.07, 6.45) is 6.35. The Labute approximate surface area is 132 Å². The predicted molar refractivity (Wildman–Crippen MR) is 83.1 cm³/mol. The van der Waals surface area contributed by atoms with Crippen LogP contribution in [-0.2, 0) is 7.05 Å². The van der Waals surface area contributed by atoms with Gasteiger partial charge in [0, 0.05) is 33.2 Å². The first kappa shape index (κ1) is 13.7. The number of aryl methyl sites for hydroxylation is 1. The van der Waals surface area contributed by atoms with Crippen LogP contribution >= 0.6 is 0 Å². The van der Waals surface area contributed by atoms with Crippen molar-refractivity contribution in [3.05, 3.63) is 36.7 Å². The number of hydrogen-bond acceptors (Lipinski definition) is 6. The summed E-state index contributed by atoms with van der Waals surface area (Å²) in [5, 5.41) is 5.18. The van der Waals surface area contributed by atoms with Gasteiger partial charge in [-0.15, -0.1) is 0 Å². The Bertz CT molecular complexity index is 833. The van der Waals surface area contributed by atoms with E-state index in [4.69, 9.17) is 4.42 Å². The van der Waals surface area contributed by atoms with Gasteiger partial charge >= 0.3 is 0 Å². The van der Waals surface area contributed by atoms with E-state index in [1.54, 1.807) is 23.3 Å². The number of anilines is 1. The molecule has 1 saturated heterocycles. The molecule has 1 aliphatic heterocycles. The van der Waals surface area contributed by atoms with E-state index in [1.807, 2.05) is 11.9 Å². The molecule has 8 nitrogen and oxygen atoms in total. The van der Waals surface area contributed by atoms with Crippen LogP contribution in [0.1, 0.15) is 10.4 Å². The van der Waals surface area contributed by atoms with Crippen LogP contribution in [0, 0.1) is 0 Å². The first-order valence-corrected chi connectivity index (χ1v) is 7.43. The second-order valence-electron chi connectivity index (χ2n) is 5.49. The van der Waals surface area contributed by atoms with Gasteiger partial charge in [-0.3, -0.25) is 9.48 Å². The first-order chi connectivity index (χ1) is 11.2. The fraction of sp³-hybridized carbons (Fsp3) is 0.333. The highest BCUT2D eigenvalue weighted by molar-refractivity contribution is 5.94. The zero-order chi connectivity index (χ0) is 15.8. The molecule has 3 aromatic heterocycles. The number of fused-ring (bicyclic) bond motifs is 1. The lowest BCUT2D eigenvalue weighted by Gasteiger charge is -2.35. The highest BCUT2D eigenvalue weighted by atomic mass is 16.3. The summed E-state index contributed by atoms with van der Waals surface area (Å²) in [4.78, 5) is 25.0. The third-order valence-corrected chi connectivity index (χ3v) is 4.14. The number of rotatable bonds is 2. The number of carbonyl (C=O) groups excluding carboxylic acids is 1. The number of hydrogen-bond donors (Lipinski definition) is 0. The number of piperazine rings is 1. The topological polar surface area (TPSA) is 80.3 Å². The Morgan fingerprint density at radius 2 is 2.04 bits per heavy atom. The van der Waals surface area contributed by atoms with Crippen LogP contribution in [0.5, 0.6) is 0 Å².